The molecular formula is C13H15N3O3. The lowest BCUT2D eigenvalue weighted by molar-refractivity contribution is -0.131. The number of rotatable bonds is 5. The summed E-state index contributed by atoms with van der Waals surface area (Å²) < 4.78 is 10.4. The summed E-state index contributed by atoms with van der Waals surface area (Å²) in [5.41, 5.74) is 0.796. The molecule has 100 valence electrons. The number of nitrogens with one attached hydrogen (secondary N) is 1. The highest BCUT2D eigenvalue weighted by atomic mass is 16.5. The summed E-state index contributed by atoms with van der Waals surface area (Å²) in [6.45, 7) is 1.88. The summed E-state index contributed by atoms with van der Waals surface area (Å²) in [7, 11) is 1.49. The second-order valence-corrected chi connectivity index (χ2v) is 3.96. The van der Waals surface area contributed by atoms with Crippen LogP contribution in [0.4, 0.5) is 0 Å². The van der Waals surface area contributed by atoms with Crippen LogP contribution in [0.3, 0.4) is 0 Å². The monoisotopic (exact) mass is 261 g/mol. The second-order valence-electron chi connectivity index (χ2n) is 3.96. The minimum absolute atomic E-state index is 0.187. The van der Waals surface area contributed by atoms with Gasteiger partial charge in [0.15, 0.2) is 6.10 Å². The molecule has 0 saturated carbocycles. The number of hydrogen-bond acceptors (Lipinski definition) is 5. The van der Waals surface area contributed by atoms with E-state index in [1.807, 2.05) is 30.3 Å². The lowest BCUT2D eigenvalue weighted by Gasteiger charge is -2.14. The molecule has 0 aliphatic carbocycles. The minimum atomic E-state index is -0.648. The number of methoxy groups -OCH3 is 1. The van der Waals surface area contributed by atoms with E-state index in [1.165, 1.54) is 7.11 Å². The number of aryl methyl sites for hydroxylation is 1. The Balaban J connectivity index is 1.98. The van der Waals surface area contributed by atoms with E-state index in [9.17, 15) is 4.79 Å². The molecule has 0 spiro atoms. The number of carbonyl (C=O) groups excluding carboxylic acids is 1. The highest BCUT2D eigenvalue weighted by molar-refractivity contribution is 5.82. The zero-order valence-electron chi connectivity index (χ0n) is 10.8. The van der Waals surface area contributed by atoms with Crippen LogP contribution in [-0.4, -0.2) is 23.2 Å². The molecule has 0 aliphatic rings. The topological polar surface area (TPSA) is 77.2 Å². The Hall–Kier alpha value is -2.21. The average Bonchev–Trinajstić information content (AvgIpc) is 2.84. The predicted octanol–water partition coefficient (Wildman–Crippen LogP) is 1.38. The summed E-state index contributed by atoms with van der Waals surface area (Å²) in [5.74, 6) is 0.592. The number of benzene rings is 1. The standard InChI is InChI=1S/C13H15N3O3/c1-9-15-16-11(19-9)8-14-13(17)12(18-2)10-6-4-3-5-7-10/h3-7,12H,8H2,1-2H3,(H,14,17). The molecule has 1 unspecified atom stereocenters. The highest BCUT2D eigenvalue weighted by Crippen LogP contribution is 2.16. The molecule has 1 heterocycles. The molecule has 0 fully saturated rings. The zero-order chi connectivity index (χ0) is 13.7. The van der Waals surface area contributed by atoms with Gasteiger partial charge < -0.3 is 14.5 Å². The molecule has 0 radical (unpaired) electrons. The van der Waals surface area contributed by atoms with Gasteiger partial charge in [0.05, 0.1) is 6.54 Å². The molecule has 0 saturated heterocycles. The van der Waals surface area contributed by atoms with Crippen molar-refractivity contribution in [3.8, 4) is 0 Å². The van der Waals surface area contributed by atoms with Crippen LogP contribution in [0.5, 0.6) is 0 Å². The van der Waals surface area contributed by atoms with Crippen LogP contribution in [0.25, 0.3) is 0 Å². The van der Waals surface area contributed by atoms with Crippen molar-refractivity contribution >= 4 is 5.91 Å². The van der Waals surface area contributed by atoms with E-state index in [0.717, 1.165) is 5.56 Å². The summed E-state index contributed by atoms with van der Waals surface area (Å²) >= 11 is 0. The number of carbonyl (C=O) groups is 1. The smallest absolute Gasteiger partial charge is 0.254 e. The van der Waals surface area contributed by atoms with E-state index in [4.69, 9.17) is 9.15 Å². The summed E-state index contributed by atoms with van der Waals surface area (Å²) in [6.07, 6.45) is -0.648. The molecular weight excluding hydrogens is 246 g/mol. The minimum Gasteiger partial charge on any atom is -0.424 e. The van der Waals surface area contributed by atoms with E-state index in [1.54, 1.807) is 6.92 Å². The SMILES string of the molecule is COC(C(=O)NCc1nnc(C)o1)c1ccccc1. The second kappa shape index (κ2) is 6.10. The molecule has 6 nitrogen and oxygen atoms in total. The Morgan fingerprint density at radius 1 is 1.37 bits per heavy atom. The van der Waals surface area contributed by atoms with E-state index in [2.05, 4.69) is 15.5 Å². The van der Waals surface area contributed by atoms with Crippen molar-refractivity contribution in [2.75, 3.05) is 7.11 Å². The predicted molar refractivity (Wildman–Crippen MR) is 67.1 cm³/mol. The number of ether oxygens (including phenoxy) is 1. The number of amides is 1. The third-order valence-corrected chi connectivity index (χ3v) is 2.56. The van der Waals surface area contributed by atoms with Crippen LogP contribution in [0.15, 0.2) is 34.7 Å². The van der Waals surface area contributed by atoms with Gasteiger partial charge in [-0.1, -0.05) is 30.3 Å². The molecule has 1 atom stereocenters. The first kappa shape index (κ1) is 13.2. The van der Waals surface area contributed by atoms with Gasteiger partial charge in [-0.2, -0.15) is 0 Å². The van der Waals surface area contributed by atoms with Crippen molar-refractivity contribution in [2.45, 2.75) is 19.6 Å². The van der Waals surface area contributed by atoms with Gasteiger partial charge in [0.1, 0.15) is 0 Å². The third-order valence-electron chi connectivity index (χ3n) is 2.56. The Labute approximate surface area is 110 Å². The quantitative estimate of drug-likeness (QED) is 0.879. The van der Waals surface area contributed by atoms with Gasteiger partial charge in [0, 0.05) is 14.0 Å². The summed E-state index contributed by atoms with van der Waals surface area (Å²) in [5, 5.41) is 10.2. The Morgan fingerprint density at radius 3 is 2.68 bits per heavy atom. The highest BCUT2D eigenvalue weighted by Gasteiger charge is 2.19. The van der Waals surface area contributed by atoms with Crippen molar-refractivity contribution in [3.63, 3.8) is 0 Å². The van der Waals surface area contributed by atoms with Crippen molar-refractivity contribution in [3.05, 3.63) is 47.7 Å². The summed E-state index contributed by atoms with van der Waals surface area (Å²) in [4.78, 5) is 12.0. The maximum absolute atomic E-state index is 12.0. The first-order chi connectivity index (χ1) is 9.20. The molecule has 19 heavy (non-hydrogen) atoms. The van der Waals surface area contributed by atoms with Crippen LogP contribution in [-0.2, 0) is 16.1 Å². The molecule has 0 aliphatic heterocycles. The van der Waals surface area contributed by atoms with Crippen molar-refractivity contribution in [2.24, 2.45) is 0 Å². The lowest BCUT2D eigenvalue weighted by Crippen LogP contribution is -2.30. The Bertz CT molecular complexity index is 539. The van der Waals surface area contributed by atoms with E-state index >= 15 is 0 Å². The van der Waals surface area contributed by atoms with Crippen molar-refractivity contribution < 1.29 is 13.9 Å². The Kier molecular flexibility index (Phi) is 4.25. The number of hydrogen-bond donors (Lipinski definition) is 1. The molecule has 1 aromatic heterocycles. The van der Waals surface area contributed by atoms with Crippen LogP contribution in [0.1, 0.15) is 23.4 Å². The van der Waals surface area contributed by atoms with Gasteiger partial charge in [-0.25, -0.2) is 0 Å². The average molecular weight is 261 g/mol. The van der Waals surface area contributed by atoms with Gasteiger partial charge in [-0.3, -0.25) is 4.79 Å². The zero-order valence-corrected chi connectivity index (χ0v) is 10.8. The molecule has 1 N–H and O–H groups in total. The van der Waals surface area contributed by atoms with Gasteiger partial charge in [0.25, 0.3) is 5.91 Å². The maximum Gasteiger partial charge on any atom is 0.254 e. The van der Waals surface area contributed by atoms with Crippen LogP contribution in [0, 0.1) is 6.92 Å². The molecule has 0 bridgehead atoms. The molecule has 2 rings (SSSR count). The number of nitrogens with zero attached hydrogens (tertiary/aromatic N) is 2. The van der Waals surface area contributed by atoms with E-state index < -0.39 is 6.10 Å². The number of aromatic nitrogens is 2. The van der Waals surface area contributed by atoms with Gasteiger partial charge >= 0.3 is 0 Å². The van der Waals surface area contributed by atoms with Gasteiger partial charge in [-0.05, 0) is 5.56 Å². The van der Waals surface area contributed by atoms with Crippen molar-refractivity contribution in [1.82, 2.24) is 15.5 Å². The van der Waals surface area contributed by atoms with Gasteiger partial charge in [0.2, 0.25) is 11.8 Å². The normalized spacial score (nSPS) is 12.1. The third kappa shape index (κ3) is 3.38. The van der Waals surface area contributed by atoms with Crippen molar-refractivity contribution in [1.29, 1.82) is 0 Å². The largest absolute Gasteiger partial charge is 0.424 e. The fraction of sp³-hybridized carbons (Fsp3) is 0.308. The fourth-order valence-electron chi connectivity index (χ4n) is 1.69. The van der Waals surface area contributed by atoms with Crippen LogP contribution >= 0.6 is 0 Å². The van der Waals surface area contributed by atoms with Crippen LogP contribution < -0.4 is 5.32 Å². The maximum atomic E-state index is 12.0. The molecule has 2 aromatic rings. The molecule has 1 aromatic carbocycles. The first-order valence-corrected chi connectivity index (χ1v) is 5.85. The van der Waals surface area contributed by atoms with E-state index in [-0.39, 0.29) is 12.5 Å². The first-order valence-electron chi connectivity index (χ1n) is 5.85. The van der Waals surface area contributed by atoms with Gasteiger partial charge in [-0.15, -0.1) is 10.2 Å². The lowest BCUT2D eigenvalue weighted by atomic mass is 10.1. The fourth-order valence-corrected chi connectivity index (χ4v) is 1.69. The Morgan fingerprint density at radius 2 is 2.11 bits per heavy atom. The van der Waals surface area contributed by atoms with E-state index in [0.29, 0.717) is 11.8 Å². The molecule has 1 amide bonds. The molecule has 6 heteroatoms. The van der Waals surface area contributed by atoms with Crippen LogP contribution in [0.2, 0.25) is 0 Å². The summed E-state index contributed by atoms with van der Waals surface area (Å²) in [6, 6.07) is 9.27.